The molecule has 166 valence electrons. The van der Waals surface area contributed by atoms with Gasteiger partial charge in [0.2, 0.25) is 0 Å². The fourth-order valence-electron chi connectivity index (χ4n) is 2.43. The van der Waals surface area contributed by atoms with Gasteiger partial charge in [0.25, 0.3) is 0 Å². The first-order valence-electron chi connectivity index (χ1n) is 8.14. The summed E-state index contributed by atoms with van der Waals surface area (Å²) in [4.78, 5) is 17.1. The number of halogens is 5. The molecular weight excluding hydrogens is 466 g/mol. The topological polar surface area (TPSA) is 124 Å². The molecular formula is C17H14Cl2F3N5O4. The minimum atomic E-state index is -5.00. The van der Waals surface area contributed by atoms with Crippen molar-refractivity contribution in [1.29, 1.82) is 5.26 Å². The molecule has 1 aromatic heterocycles. The summed E-state index contributed by atoms with van der Waals surface area (Å²) in [5.74, 6) is -2.74. The van der Waals surface area contributed by atoms with E-state index in [4.69, 9.17) is 23.2 Å². The van der Waals surface area contributed by atoms with E-state index in [9.17, 15) is 33.4 Å². The number of hydrogen-bond acceptors (Lipinski definition) is 6. The Morgan fingerprint density at radius 3 is 2.32 bits per heavy atom. The van der Waals surface area contributed by atoms with Crippen LogP contribution in [0.3, 0.4) is 0 Å². The number of aliphatic imine (C=N–C) groups is 1. The number of aliphatic carboxylic acids is 1. The third kappa shape index (κ3) is 5.19. The predicted molar refractivity (Wildman–Crippen MR) is 104 cm³/mol. The number of nitrogens with zero attached hydrogens (tertiary/aromatic N) is 5. The molecule has 14 heteroatoms. The number of hydrogen-bond donors (Lipinski definition) is 2. The molecule has 9 nitrogen and oxygen atoms in total. The smallest absolute Gasteiger partial charge is 0.479 e. The molecule has 0 aliphatic carbocycles. The van der Waals surface area contributed by atoms with Gasteiger partial charge in [0.1, 0.15) is 17.5 Å². The molecule has 31 heavy (non-hydrogen) atoms. The fraction of sp³-hybridized carbons (Fsp3) is 0.294. The van der Waals surface area contributed by atoms with Crippen LogP contribution in [0.4, 0.5) is 19.0 Å². The van der Waals surface area contributed by atoms with Crippen LogP contribution in [0.1, 0.15) is 18.2 Å². The summed E-state index contributed by atoms with van der Waals surface area (Å²) >= 11 is 12.2. The molecule has 0 spiro atoms. The zero-order valence-electron chi connectivity index (χ0n) is 16.1. The van der Waals surface area contributed by atoms with Gasteiger partial charge in [-0.15, -0.1) is 13.2 Å². The molecule has 1 aromatic carbocycles. The van der Waals surface area contributed by atoms with Crippen LogP contribution in [0.5, 0.6) is 5.75 Å². The molecule has 0 aliphatic rings. The van der Waals surface area contributed by atoms with E-state index in [-0.39, 0.29) is 21.6 Å². The van der Waals surface area contributed by atoms with Gasteiger partial charge in [0.05, 0.1) is 21.9 Å². The molecule has 0 bridgehead atoms. The normalized spacial score (nSPS) is 13.7. The SMILES string of the molecule is CN(C)C=Nc1c(C(C)(O)C(=O)O)c(C#N)nn1-c1c(Cl)cc(OC(F)(F)F)cc1Cl. The molecule has 1 atom stereocenters. The minimum absolute atomic E-state index is 0.215. The molecule has 2 rings (SSSR count). The van der Waals surface area contributed by atoms with E-state index in [0.29, 0.717) is 0 Å². The van der Waals surface area contributed by atoms with Gasteiger partial charge in [-0.3, -0.25) is 0 Å². The first kappa shape index (κ1) is 24.3. The van der Waals surface area contributed by atoms with Crippen LogP contribution < -0.4 is 4.74 Å². The zero-order chi connectivity index (χ0) is 23.7. The lowest BCUT2D eigenvalue weighted by Gasteiger charge is -2.18. The average Bonchev–Trinajstić information content (AvgIpc) is 2.96. The number of aliphatic hydroxyl groups is 1. The summed E-state index contributed by atoms with van der Waals surface area (Å²) in [5, 5.41) is 32.5. The summed E-state index contributed by atoms with van der Waals surface area (Å²) in [5.41, 5.74) is -3.79. The third-order valence-corrected chi connectivity index (χ3v) is 4.29. The Balaban J connectivity index is 2.85. The van der Waals surface area contributed by atoms with Crippen LogP contribution in [0.15, 0.2) is 17.1 Å². The van der Waals surface area contributed by atoms with Crippen LogP contribution in [0.25, 0.3) is 5.69 Å². The third-order valence-electron chi connectivity index (χ3n) is 3.72. The standard InChI is InChI=1S/C17H14Cl2F3N5O4/c1-16(30,15(28)29)12-11(6-23)25-27(14(12)24-7-26(2)3)13-9(18)4-8(5-10(13)19)31-17(20,21)22/h4-5,7,30H,1-3H3,(H,28,29). The van der Waals surface area contributed by atoms with Gasteiger partial charge in [-0.05, 0) is 6.92 Å². The van der Waals surface area contributed by atoms with Crippen LogP contribution in [0, 0.1) is 11.3 Å². The second-order valence-electron chi connectivity index (χ2n) is 6.44. The number of carboxylic acid groups (broad SMARTS) is 1. The van der Waals surface area contributed by atoms with Gasteiger partial charge in [0, 0.05) is 26.2 Å². The Morgan fingerprint density at radius 2 is 1.90 bits per heavy atom. The maximum Gasteiger partial charge on any atom is 0.573 e. The highest BCUT2D eigenvalue weighted by molar-refractivity contribution is 6.38. The van der Waals surface area contributed by atoms with Crippen LogP contribution >= 0.6 is 23.2 Å². The lowest BCUT2D eigenvalue weighted by Crippen LogP contribution is -2.32. The van der Waals surface area contributed by atoms with Crippen molar-refractivity contribution < 1.29 is 32.9 Å². The summed E-state index contributed by atoms with van der Waals surface area (Å²) in [7, 11) is 3.18. The van der Waals surface area contributed by atoms with Crippen molar-refractivity contribution in [3.63, 3.8) is 0 Å². The van der Waals surface area contributed by atoms with Gasteiger partial charge in [0.15, 0.2) is 17.1 Å². The molecule has 0 saturated carbocycles. The molecule has 2 N–H and O–H groups in total. The molecule has 1 heterocycles. The molecule has 2 aromatic rings. The van der Waals surface area contributed by atoms with Crippen molar-refractivity contribution in [2.24, 2.45) is 4.99 Å². The number of aromatic nitrogens is 2. The first-order valence-corrected chi connectivity index (χ1v) is 8.89. The molecule has 0 amide bonds. The van der Waals surface area contributed by atoms with Crippen molar-refractivity contribution in [3.05, 3.63) is 33.4 Å². The molecule has 0 fully saturated rings. The lowest BCUT2D eigenvalue weighted by molar-refractivity contribution is -0.274. The van der Waals surface area contributed by atoms with Crippen LogP contribution in [-0.2, 0) is 10.4 Å². The van der Waals surface area contributed by atoms with E-state index in [1.54, 1.807) is 20.2 Å². The van der Waals surface area contributed by atoms with E-state index in [2.05, 4.69) is 14.8 Å². The number of benzene rings is 1. The van der Waals surface area contributed by atoms with Crippen LogP contribution in [0.2, 0.25) is 10.0 Å². The monoisotopic (exact) mass is 479 g/mol. The Morgan fingerprint density at radius 1 is 1.35 bits per heavy atom. The van der Waals surface area contributed by atoms with Crippen molar-refractivity contribution in [1.82, 2.24) is 14.7 Å². The molecule has 0 aliphatic heterocycles. The van der Waals surface area contributed by atoms with Crippen molar-refractivity contribution in [2.75, 3.05) is 14.1 Å². The second-order valence-corrected chi connectivity index (χ2v) is 7.25. The number of alkyl halides is 3. The van der Waals surface area contributed by atoms with Gasteiger partial charge in [-0.1, -0.05) is 23.2 Å². The highest BCUT2D eigenvalue weighted by Gasteiger charge is 2.41. The highest BCUT2D eigenvalue weighted by atomic mass is 35.5. The number of ether oxygens (including phenoxy) is 1. The van der Waals surface area contributed by atoms with Crippen molar-refractivity contribution >= 4 is 41.3 Å². The largest absolute Gasteiger partial charge is 0.573 e. The molecule has 1 unspecified atom stereocenters. The number of rotatable bonds is 6. The molecule has 0 saturated heterocycles. The van der Waals surface area contributed by atoms with E-state index in [1.807, 2.05) is 0 Å². The summed E-state index contributed by atoms with van der Waals surface area (Å²) < 4.78 is 42.2. The number of carbonyl (C=O) groups is 1. The first-order chi connectivity index (χ1) is 14.2. The number of carboxylic acids is 1. The Bertz CT molecular complexity index is 1070. The fourth-order valence-corrected chi connectivity index (χ4v) is 3.05. The highest BCUT2D eigenvalue weighted by Crippen LogP contribution is 2.41. The summed E-state index contributed by atoms with van der Waals surface area (Å²) in [6.07, 6.45) is -3.78. The van der Waals surface area contributed by atoms with Gasteiger partial charge < -0.3 is 19.8 Å². The second kappa shape index (κ2) is 8.62. The van der Waals surface area contributed by atoms with Crippen LogP contribution in [-0.4, -0.2) is 57.7 Å². The lowest BCUT2D eigenvalue weighted by atomic mass is 9.96. The summed E-state index contributed by atoms with van der Waals surface area (Å²) in [6.45, 7) is 0.912. The van der Waals surface area contributed by atoms with Crippen molar-refractivity contribution in [2.45, 2.75) is 18.9 Å². The quantitative estimate of drug-likeness (QED) is 0.480. The Kier molecular flexibility index (Phi) is 6.75. The predicted octanol–water partition coefficient (Wildman–Crippen LogP) is 3.46. The van der Waals surface area contributed by atoms with Gasteiger partial charge >= 0.3 is 12.3 Å². The Hall–Kier alpha value is -3.01. The maximum atomic E-state index is 12.5. The average molecular weight is 480 g/mol. The summed E-state index contributed by atoms with van der Waals surface area (Å²) in [6, 6.07) is 3.26. The maximum absolute atomic E-state index is 12.5. The molecule has 0 radical (unpaired) electrons. The van der Waals surface area contributed by atoms with E-state index in [1.165, 1.54) is 11.2 Å². The van der Waals surface area contributed by atoms with E-state index >= 15 is 0 Å². The number of nitriles is 1. The minimum Gasteiger partial charge on any atom is -0.479 e. The Labute approximate surface area is 183 Å². The van der Waals surface area contributed by atoms with E-state index < -0.39 is 34.9 Å². The van der Waals surface area contributed by atoms with E-state index in [0.717, 1.165) is 23.7 Å². The van der Waals surface area contributed by atoms with Gasteiger partial charge in [-0.25, -0.2) is 14.5 Å². The van der Waals surface area contributed by atoms with Crippen molar-refractivity contribution in [3.8, 4) is 17.5 Å². The zero-order valence-corrected chi connectivity index (χ0v) is 17.6. The van der Waals surface area contributed by atoms with Gasteiger partial charge in [-0.2, -0.15) is 10.4 Å².